The molecule has 2 N–H and O–H groups in total. The molecule has 2 aromatic carbocycles. The molecule has 0 bridgehead atoms. The lowest BCUT2D eigenvalue weighted by molar-refractivity contribution is 0.137. The minimum Gasteiger partial charge on any atom is -0.504 e. The van der Waals surface area contributed by atoms with E-state index in [1.165, 1.54) is 13.2 Å². The Morgan fingerprint density at radius 2 is 1.91 bits per heavy atom. The number of amides is 1. The van der Waals surface area contributed by atoms with E-state index in [4.69, 9.17) is 14.2 Å². The minimum absolute atomic E-state index is 0.0176. The minimum atomic E-state index is -0.526. The van der Waals surface area contributed by atoms with E-state index in [0.29, 0.717) is 5.75 Å². The number of hydrogen-bond donors (Lipinski definition) is 2. The van der Waals surface area contributed by atoms with E-state index in [2.05, 4.69) is 5.32 Å². The summed E-state index contributed by atoms with van der Waals surface area (Å²) >= 11 is 0. The van der Waals surface area contributed by atoms with Gasteiger partial charge in [-0.25, -0.2) is 4.79 Å². The number of benzene rings is 2. The molecule has 0 atom stereocenters. The number of ether oxygens (including phenoxy) is 3. The number of phenolic OH excluding ortho intramolecular Hbond substituents is 1. The summed E-state index contributed by atoms with van der Waals surface area (Å²) in [6.07, 6.45) is -0.526. The molecule has 0 aliphatic rings. The van der Waals surface area contributed by atoms with Crippen molar-refractivity contribution >= 4 is 6.09 Å². The fraction of sp³-hybridized carbons (Fsp3) is 0.235. The van der Waals surface area contributed by atoms with Gasteiger partial charge in [-0.2, -0.15) is 0 Å². The van der Waals surface area contributed by atoms with Gasteiger partial charge in [0.05, 0.1) is 13.7 Å². The second-order valence-electron chi connectivity index (χ2n) is 4.65. The Kier molecular flexibility index (Phi) is 6.11. The maximum atomic E-state index is 11.6. The van der Waals surface area contributed by atoms with Gasteiger partial charge in [-0.15, -0.1) is 0 Å². The normalized spacial score (nSPS) is 9.96. The van der Waals surface area contributed by atoms with Crippen LogP contribution in [0.15, 0.2) is 48.5 Å². The average Bonchev–Trinajstić information content (AvgIpc) is 2.58. The van der Waals surface area contributed by atoms with Crippen molar-refractivity contribution in [3.8, 4) is 17.2 Å². The standard InChI is InChI=1S/C17H19NO5/c1-21-15-9-5-8-14(19)16(15)22-11-10-18-17(20)23-12-13-6-3-2-4-7-13/h2-9,19H,10-12H2,1H3,(H,18,20). The summed E-state index contributed by atoms with van der Waals surface area (Å²) in [5.41, 5.74) is 0.915. The van der Waals surface area contributed by atoms with Gasteiger partial charge in [0.1, 0.15) is 13.2 Å². The first kappa shape index (κ1) is 16.5. The molecular formula is C17H19NO5. The molecule has 6 heteroatoms. The molecule has 0 fully saturated rings. The fourth-order valence-corrected chi connectivity index (χ4v) is 1.89. The summed E-state index contributed by atoms with van der Waals surface area (Å²) in [4.78, 5) is 11.6. The van der Waals surface area contributed by atoms with E-state index >= 15 is 0 Å². The second-order valence-corrected chi connectivity index (χ2v) is 4.65. The number of methoxy groups -OCH3 is 1. The highest BCUT2D eigenvalue weighted by Gasteiger charge is 2.09. The van der Waals surface area contributed by atoms with Gasteiger partial charge in [0.2, 0.25) is 5.75 Å². The molecule has 23 heavy (non-hydrogen) atoms. The molecule has 0 spiro atoms. The largest absolute Gasteiger partial charge is 0.504 e. The van der Waals surface area contributed by atoms with Crippen LogP contribution in [0.4, 0.5) is 4.79 Å². The Morgan fingerprint density at radius 1 is 1.13 bits per heavy atom. The van der Waals surface area contributed by atoms with Crippen molar-refractivity contribution in [3.63, 3.8) is 0 Å². The Morgan fingerprint density at radius 3 is 2.65 bits per heavy atom. The average molecular weight is 317 g/mol. The zero-order chi connectivity index (χ0) is 16.5. The number of alkyl carbamates (subject to hydrolysis) is 1. The molecule has 0 radical (unpaired) electrons. The summed E-state index contributed by atoms with van der Waals surface area (Å²) in [5.74, 6) is 0.655. The topological polar surface area (TPSA) is 77.0 Å². The Hall–Kier alpha value is -2.89. The van der Waals surface area contributed by atoms with Gasteiger partial charge in [0.25, 0.3) is 0 Å². The van der Waals surface area contributed by atoms with E-state index < -0.39 is 6.09 Å². The fourth-order valence-electron chi connectivity index (χ4n) is 1.89. The summed E-state index contributed by atoms with van der Waals surface area (Å²) in [5, 5.41) is 12.3. The first-order valence-electron chi connectivity index (χ1n) is 7.14. The highest BCUT2D eigenvalue weighted by atomic mass is 16.5. The van der Waals surface area contributed by atoms with Crippen LogP contribution in [0, 0.1) is 0 Å². The molecule has 2 aromatic rings. The van der Waals surface area contributed by atoms with Crippen molar-refractivity contribution in [2.75, 3.05) is 20.3 Å². The van der Waals surface area contributed by atoms with Crippen molar-refractivity contribution in [1.29, 1.82) is 0 Å². The first-order chi connectivity index (χ1) is 11.2. The van der Waals surface area contributed by atoms with E-state index in [0.717, 1.165) is 5.56 Å². The molecule has 122 valence electrons. The van der Waals surface area contributed by atoms with Gasteiger partial charge in [0, 0.05) is 0 Å². The Labute approximate surface area is 134 Å². The number of nitrogens with one attached hydrogen (secondary N) is 1. The van der Waals surface area contributed by atoms with Crippen molar-refractivity contribution in [3.05, 3.63) is 54.1 Å². The molecule has 0 aliphatic carbocycles. The lowest BCUT2D eigenvalue weighted by atomic mass is 10.2. The molecule has 0 heterocycles. The Bertz CT molecular complexity index is 630. The summed E-state index contributed by atoms with van der Waals surface area (Å²) in [7, 11) is 1.49. The van der Waals surface area contributed by atoms with E-state index in [1.807, 2.05) is 30.3 Å². The third-order valence-corrected chi connectivity index (χ3v) is 3.01. The van der Waals surface area contributed by atoms with Crippen LogP contribution in [-0.4, -0.2) is 31.5 Å². The molecule has 6 nitrogen and oxygen atoms in total. The van der Waals surface area contributed by atoms with Crippen LogP contribution >= 0.6 is 0 Å². The number of aromatic hydroxyl groups is 1. The van der Waals surface area contributed by atoms with E-state index in [9.17, 15) is 9.90 Å². The van der Waals surface area contributed by atoms with Gasteiger partial charge < -0.3 is 24.6 Å². The number of hydrogen-bond acceptors (Lipinski definition) is 5. The van der Waals surface area contributed by atoms with Crippen LogP contribution in [0.25, 0.3) is 0 Å². The van der Waals surface area contributed by atoms with Crippen LogP contribution in [0.1, 0.15) is 5.56 Å². The smallest absolute Gasteiger partial charge is 0.407 e. The van der Waals surface area contributed by atoms with Crippen molar-refractivity contribution < 1.29 is 24.1 Å². The lowest BCUT2D eigenvalue weighted by Gasteiger charge is -2.12. The van der Waals surface area contributed by atoms with Gasteiger partial charge in [-0.3, -0.25) is 0 Å². The summed E-state index contributed by atoms with van der Waals surface area (Å²) in [6.45, 7) is 0.625. The van der Waals surface area contributed by atoms with E-state index in [1.54, 1.807) is 12.1 Å². The van der Waals surface area contributed by atoms with E-state index in [-0.39, 0.29) is 31.3 Å². The monoisotopic (exact) mass is 317 g/mol. The second kappa shape index (κ2) is 8.53. The maximum Gasteiger partial charge on any atom is 0.407 e. The van der Waals surface area contributed by atoms with Crippen LogP contribution in [0.2, 0.25) is 0 Å². The lowest BCUT2D eigenvalue weighted by Crippen LogP contribution is -2.28. The van der Waals surface area contributed by atoms with Gasteiger partial charge in [-0.1, -0.05) is 36.4 Å². The SMILES string of the molecule is COc1cccc(O)c1OCCNC(=O)OCc1ccccc1. The number of para-hydroxylation sites is 1. The van der Waals surface area contributed by atoms with Crippen LogP contribution in [0.5, 0.6) is 17.2 Å². The maximum absolute atomic E-state index is 11.6. The third kappa shape index (κ3) is 5.10. The predicted octanol–water partition coefficient (Wildman–Crippen LogP) is 2.71. The molecule has 0 saturated heterocycles. The highest BCUT2D eigenvalue weighted by molar-refractivity contribution is 5.67. The predicted molar refractivity (Wildman–Crippen MR) is 84.8 cm³/mol. The molecule has 1 amide bonds. The molecular weight excluding hydrogens is 298 g/mol. The third-order valence-electron chi connectivity index (χ3n) is 3.01. The first-order valence-corrected chi connectivity index (χ1v) is 7.14. The number of rotatable bonds is 7. The van der Waals surface area contributed by atoms with Crippen molar-refractivity contribution in [1.82, 2.24) is 5.32 Å². The molecule has 0 aliphatic heterocycles. The highest BCUT2D eigenvalue weighted by Crippen LogP contribution is 2.35. The zero-order valence-electron chi connectivity index (χ0n) is 12.8. The van der Waals surface area contributed by atoms with Gasteiger partial charge in [-0.05, 0) is 17.7 Å². The molecule has 0 aromatic heterocycles. The number of carbonyl (C=O) groups is 1. The molecule has 0 unspecified atom stereocenters. The Balaban J connectivity index is 1.70. The van der Waals surface area contributed by atoms with Crippen molar-refractivity contribution in [2.24, 2.45) is 0 Å². The van der Waals surface area contributed by atoms with Gasteiger partial charge >= 0.3 is 6.09 Å². The summed E-state index contributed by atoms with van der Waals surface area (Å²) < 4.78 is 15.6. The number of phenols is 1. The molecule has 2 rings (SSSR count). The van der Waals surface area contributed by atoms with Crippen LogP contribution in [-0.2, 0) is 11.3 Å². The van der Waals surface area contributed by atoms with Crippen LogP contribution < -0.4 is 14.8 Å². The quantitative estimate of drug-likeness (QED) is 0.768. The van der Waals surface area contributed by atoms with Crippen molar-refractivity contribution in [2.45, 2.75) is 6.61 Å². The van der Waals surface area contributed by atoms with Crippen LogP contribution in [0.3, 0.4) is 0 Å². The summed E-state index contributed by atoms with van der Waals surface area (Å²) in [6, 6.07) is 14.2. The van der Waals surface area contributed by atoms with Gasteiger partial charge in [0.15, 0.2) is 11.5 Å². The molecule has 0 saturated carbocycles. The zero-order valence-corrected chi connectivity index (χ0v) is 12.8. The number of carbonyl (C=O) groups excluding carboxylic acids is 1.